The van der Waals surface area contributed by atoms with Crippen LogP contribution in [0.2, 0.25) is 0 Å². The molecule has 0 rings (SSSR count). The summed E-state index contributed by atoms with van der Waals surface area (Å²) in [5, 5.41) is 0. The molecule has 0 saturated carbocycles. The zero-order valence-corrected chi connectivity index (χ0v) is 14.2. The molecule has 0 aromatic rings. The number of nitrogens with zero attached hydrogens (tertiary/aromatic N) is 1. The Kier molecular flexibility index (Phi) is 11.4. The largest absolute Gasteiger partial charge is 0.303 e. The fourth-order valence-corrected chi connectivity index (χ4v) is 2.43. The maximum Gasteiger partial charge on any atom is -0.00162 e. The average molecular weight is 274 g/mol. The summed E-state index contributed by atoms with van der Waals surface area (Å²) in [5.74, 6) is 3.49. The monoisotopic (exact) mass is 273 g/mol. The van der Waals surface area contributed by atoms with E-state index < -0.39 is 0 Å². The van der Waals surface area contributed by atoms with E-state index in [0.717, 1.165) is 23.5 Å². The Balaban J connectivity index is 3.94. The lowest BCUT2D eigenvalue weighted by molar-refractivity contribution is 0.228. The van der Waals surface area contributed by atoms with Gasteiger partial charge in [-0.25, -0.2) is 0 Å². The second kappa shape index (κ2) is 11.2. The first-order valence-electron chi connectivity index (χ1n) is 7.78. The molecular formula is C16H35NS. The third-order valence-corrected chi connectivity index (χ3v) is 3.86. The van der Waals surface area contributed by atoms with Crippen molar-refractivity contribution in [3.8, 4) is 0 Å². The lowest BCUT2D eigenvalue weighted by atomic mass is 10.0. The van der Waals surface area contributed by atoms with Crippen molar-refractivity contribution in [1.82, 2.24) is 4.90 Å². The van der Waals surface area contributed by atoms with Gasteiger partial charge < -0.3 is 4.90 Å². The van der Waals surface area contributed by atoms with Crippen LogP contribution >= 0.6 is 12.6 Å². The molecular weight excluding hydrogens is 238 g/mol. The van der Waals surface area contributed by atoms with E-state index in [1.165, 1.54) is 45.3 Å². The highest BCUT2D eigenvalue weighted by Crippen LogP contribution is 2.12. The van der Waals surface area contributed by atoms with Crippen molar-refractivity contribution in [3.63, 3.8) is 0 Å². The van der Waals surface area contributed by atoms with E-state index >= 15 is 0 Å². The summed E-state index contributed by atoms with van der Waals surface area (Å²) in [6, 6.07) is 0. The Morgan fingerprint density at radius 2 is 1.17 bits per heavy atom. The van der Waals surface area contributed by atoms with Crippen LogP contribution in [-0.4, -0.2) is 30.3 Å². The van der Waals surface area contributed by atoms with Crippen LogP contribution in [0.1, 0.15) is 60.3 Å². The molecule has 110 valence electrons. The molecule has 1 atom stereocenters. The lowest BCUT2D eigenvalue weighted by Gasteiger charge is -2.25. The normalized spacial score (nSPS) is 13.8. The summed E-state index contributed by atoms with van der Waals surface area (Å²) in [4.78, 5) is 2.68. The Morgan fingerprint density at radius 1 is 0.722 bits per heavy atom. The maximum absolute atomic E-state index is 4.33. The Labute approximate surface area is 121 Å². The quantitative estimate of drug-likeness (QED) is 0.533. The standard InChI is InChI=1S/C16H35NS/c1-14(2)6-10-17(11-7-15(3)4)12-8-16(5)9-13-18/h14-16,18H,6-13H2,1-5H3. The molecule has 0 saturated heterocycles. The van der Waals surface area contributed by atoms with Crippen LogP contribution in [0.15, 0.2) is 0 Å². The number of hydrogen-bond acceptors (Lipinski definition) is 2. The number of rotatable bonds is 11. The van der Waals surface area contributed by atoms with Crippen LogP contribution in [-0.2, 0) is 0 Å². The van der Waals surface area contributed by atoms with Crippen molar-refractivity contribution in [2.75, 3.05) is 25.4 Å². The highest BCUT2D eigenvalue weighted by molar-refractivity contribution is 7.80. The van der Waals surface area contributed by atoms with Crippen LogP contribution in [0.3, 0.4) is 0 Å². The zero-order chi connectivity index (χ0) is 14.0. The van der Waals surface area contributed by atoms with E-state index in [9.17, 15) is 0 Å². The van der Waals surface area contributed by atoms with Gasteiger partial charge in [0.25, 0.3) is 0 Å². The Morgan fingerprint density at radius 3 is 1.56 bits per heavy atom. The second-order valence-electron chi connectivity index (χ2n) is 6.61. The van der Waals surface area contributed by atoms with Gasteiger partial charge in [-0.2, -0.15) is 12.6 Å². The molecule has 0 bridgehead atoms. The summed E-state index contributed by atoms with van der Waals surface area (Å²) in [6.07, 6.45) is 5.25. The minimum absolute atomic E-state index is 0.821. The van der Waals surface area contributed by atoms with Gasteiger partial charge in [0.1, 0.15) is 0 Å². The summed E-state index contributed by atoms with van der Waals surface area (Å²) < 4.78 is 0. The molecule has 0 aliphatic rings. The van der Waals surface area contributed by atoms with Crippen molar-refractivity contribution in [2.24, 2.45) is 17.8 Å². The van der Waals surface area contributed by atoms with Crippen LogP contribution in [0.4, 0.5) is 0 Å². The maximum atomic E-state index is 4.33. The Bertz CT molecular complexity index is 168. The minimum atomic E-state index is 0.821. The van der Waals surface area contributed by atoms with Gasteiger partial charge in [-0.15, -0.1) is 0 Å². The molecule has 0 spiro atoms. The summed E-state index contributed by atoms with van der Waals surface area (Å²) >= 11 is 4.33. The predicted octanol–water partition coefficient (Wildman–Crippen LogP) is 4.73. The third-order valence-electron chi connectivity index (χ3n) is 3.61. The predicted molar refractivity (Wildman–Crippen MR) is 87.6 cm³/mol. The summed E-state index contributed by atoms with van der Waals surface area (Å²) in [7, 11) is 0. The van der Waals surface area contributed by atoms with Gasteiger partial charge in [0.2, 0.25) is 0 Å². The fourth-order valence-electron chi connectivity index (χ4n) is 1.98. The smallest absolute Gasteiger partial charge is 0.00162 e. The third kappa shape index (κ3) is 11.4. The van der Waals surface area contributed by atoms with Crippen LogP contribution in [0.25, 0.3) is 0 Å². The zero-order valence-electron chi connectivity index (χ0n) is 13.3. The second-order valence-corrected chi connectivity index (χ2v) is 7.06. The molecule has 0 amide bonds. The van der Waals surface area contributed by atoms with Gasteiger partial charge >= 0.3 is 0 Å². The van der Waals surface area contributed by atoms with Gasteiger partial charge in [0, 0.05) is 0 Å². The van der Waals surface area contributed by atoms with E-state index in [2.05, 4.69) is 52.1 Å². The molecule has 0 aromatic carbocycles. The van der Waals surface area contributed by atoms with E-state index in [-0.39, 0.29) is 0 Å². The summed E-state index contributed by atoms with van der Waals surface area (Å²) in [6.45, 7) is 15.5. The molecule has 0 fully saturated rings. The topological polar surface area (TPSA) is 3.24 Å². The molecule has 0 N–H and O–H groups in total. The van der Waals surface area contributed by atoms with Crippen molar-refractivity contribution >= 4 is 12.6 Å². The molecule has 0 aliphatic carbocycles. The minimum Gasteiger partial charge on any atom is -0.303 e. The van der Waals surface area contributed by atoms with Crippen molar-refractivity contribution in [1.29, 1.82) is 0 Å². The lowest BCUT2D eigenvalue weighted by Crippen LogP contribution is -2.29. The molecule has 0 heterocycles. The first-order valence-corrected chi connectivity index (χ1v) is 8.42. The highest BCUT2D eigenvalue weighted by atomic mass is 32.1. The van der Waals surface area contributed by atoms with Gasteiger partial charge in [-0.1, -0.05) is 34.6 Å². The van der Waals surface area contributed by atoms with E-state index in [4.69, 9.17) is 0 Å². The molecule has 0 aliphatic heterocycles. The van der Waals surface area contributed by atoms with E-state index in [1.807, 2.05) is 0 Å². The van der Waals surface area contributed by atoms with Gasteiger partial charge in [0.15, 0.2) is 0 Å². The number of hydrogen-bond donors (Lipinski definition) is 1. The van der Waals surface area contributed by atoms with Crippen LogP contribution < -0.4 is 0 Å². The average Bonchev–Trinajstić information content (AvgIpc) is 2.27. The highest BCUT2D eigenvalue weighted by Gasteiger charge is 2.09. The SMILES string of the molecule is CC(C)CCN(CCC(C)C)CCC(C)CCS. The van der Waals surface area contributed by atoms with Crippen molar-refractivity contribution in [2.45, 2.75) is 60.3 Å². The van der Waals surface area contributed by atoms with Gasteiger partial charge in [-0.3, -0.25) is 0 Å². The fraction of sp³-hybridized carbons (Fsp3) is 1.00. The number of thiol groups is 1. The molecule has 1 unspecified atom stereocenters. The van der Waals surface area contributed by atoms with Gasteiger partial charge in [0.05, 0.1) is 0 Å². The molecule has 2 heteroatoms. The van der Waals surface area contributed by atoms with Crippen molar-refractivity contribution < 1.29 is 0 Å². The molecule has 1 nitrogen and oxygen atoms in total. The molecule has 0 aromatic heterocycles. The van der Waals surface area contributed by atoms with Crippen LogP contribution in [0, 0.1) is 17.8 Å². The molecule has 0 radical (unpaired) electrons. The Hall–Kier alpha value is 0.310. The molecule has 18 heavy (non-hydrogen) atoms. The van der Waals surface area contributed by atoms with Crippen molar-refractivity contribution in [3.05, 3.63) is 0 Å². The van der Waals surface area contributed by atoms with Gasteiger partial charge in [-0.05, 0) is 68.8 Å². The van der Waals surface area contributed by atoms with Crippen LogP contribution in [0.5, 0.6) is 0 Å². The van der Waals surface area contributed by atoms with E-state index in [0.29, 0.717) is 0 Å². The van der Waals surface area contributed by atoms with E-state index in [1.54, 1.807) is 0 Å². The summed E-state index contributed by atoms with van der Waals surface area (Å²) in [5.41, 5.74) is 0. The first-order chi connectivity index (χ1) is 8.45. The first kappa shape index (κ1) is 18.3.